The molecule has 1 heterocycles. The molecule has 0 bridgehead atoms. The summed E-state index contributed by atoms with van der Waals surface area (Å²) in [5, 5.41) is 8.47. The lowest BCUT2D eigenvalue weighted by Gasteiger charge is -2.21. The summed E-state index contributed by atoms with van der Waals surface area (Å²) in [6.07, 6.45) is 2.54. The van der Waals surface area contributed by atoms with Gasteiger partial charge >= 0.3 is 5.97 Å². The summed E-state index contributed by atoms with van der Waals surface area (Å²) in [7, 11) is 1.58. The van der Waals surface area contributed by atoms with E-state index < -0.39 is 5.97 Å². The normalized spacial score (nSPS) is 14.6. The van der Waals surface area contributed by atoms with E-state index in [2.05, 4.69) is 0 Å². The fraction of sp³-hybridized carbons (Fsp3) is 0.750. The van der Waals surface area contributed by atoms with Crippen molar-refractivity contribution < 1.29 is 19.5 Å². The van der Waals surface area contributed by atoms with Crippen molar-refractivity contribution in [2.45, 2.75) is 32.1 Å². The minimum atomic E-state index is -0.904. The molecule has 1 aliphatic heterocycles. The van der Waals surface area contributed by atoms with Crippen molar-refractivity contribution in [1.82, 2.24) is 9.80 Å². The van der Waals surface area contributed by atoms with Gasteiger partial charge in [-0.3, -0.25) is 14.4 Å². The average Bonchev–Trinajstić information content (AvgIpc) is 2.81. The molecule has 2 amide bonds. The van der Waals surface area contributed by atoms with Crippen LogP contribution in [0, 0.1) is 0 Å². The zero-order valence-electron chi connectivity index (χ0n) is 10.7. The molecule has 0 atom stereocenters. The Morgan fingerprint density at radius 1 is 1.17 bits per heavy atom. The Morgan fingerprint density at radius 3 is 2.33 bits per heavy atom. The van der Waals surface area contributed by atoms with Gasteiger partial charge in [-0.05, 0) is 19.3 Å². The Bertz CT molecular complexity index is 324. The molecule has 0 unspecified atom stereocenters. The average molecular weight is 256 g/mol. The number of amides is 2. The molecule has 1 fully saturated rings. The van der Waals surface area contributed by atoms with E-state index in [4.69, 9.17) is 5.11 Å². The van der Waals surface area contributed by atoms with Crippen LogP contribution in [0.1, 0.15) is 32.1 Å². The molecule has 6 heteroatoms. The van der Waals surface area contributed by atoms with E-state index in [1.807, 2.05) is 0 Å². The molecule has 6 nitrogen and oxygen atoms in total. The van der Waals surface area contributed by atoms with Crippen molar-refractivity contribution in [2.24, 2.45) is 0 Å². The van der Waals surface area contributed by atoms with Gasteiger partial charge in [-0.2, -0.15) is 0 Å². The Hall–Kier alpha value is -1.59. The number of hydrogen-bond donors (Lipinski definition) is 1. The van der Waals surface area contributed by atoms with E-state index >= 15 is 0 Å². The molecule has 1 rings (SSSR count). The lowest BCUT2D eigenvalue weighted by Crippen LogP contribution is -2.39. The van der Waals surface area contributed by atoms with Crippen molar-refractivity contribution in [3.63, 3.8) is 0 Å². The van der Waals surface area contributed by atoms with Crippen molar-refractivity contribution in [3.05, 3.63) is 0 Å². The van der Waals surface area contributed by atoms with Crippen LogP contribution in [0.25, 0.3) is 0 Å². The molecular formula is C12H20N2O4. The van der Waals surface area contributed by atoms with Gasteiger partial charge in [0, 0.05) is 33.0 Å². The highest BCUT2D eigenvalue weighted by Gasteiger charge is 2.20. The van der Waals surface area contributed by atoms with E-state index in [0.717, 1.165) is 25.9 Å². The number of carbonyl (C=O) groups excluding carboxylic acids is 2. The molecule has 0 aromatic heterocycles. The van der Waals surface area contributed by atoms with Crippen LogP contribution in [0.2, 0.25) is 0 Å². The first kappa shape index (κ1) is 14.5. The van der Waals surface area contributed by atoms with Crippen molar-refractivity contribution in [2.75, 3.05) is 26.7 Å². The summed E-state index contributed by atoms with van der Waals surface area (Å²) < 4.78 is 0. The fourth-order valence-electron chi connectivity index (χ4n) is 1.94. The van der Waals surface area contributed by atoms with Gasteiger partial charge in [0.1, 0.15) is 0 Å². The molecule has 0 aliphatic carbocycles. The number of carbonyl (C=O) groups is 3. The van der Waals surface area contributed by atoms with Gasteiger partial charge in [-0.25, -0.2) is 0 Å². The quantitative estimate of drug-likeness (QED) is 0.742. The molecular weight excluding hydrogens is 236 g/mol. The maximum Gasteiger partial charge on any atom is 0.303 e. The second-order valence-corrected chi connectivity index (χ2v) is 4.58. The highest BCUT2D eigenvalue weighted by atomic mass is 16.4. The van der Waals surface area contributed by atoms with Crippen LogP contribution < -0.4 is 0 Å². The highest BCUT2D eigenvalue weighted by molar-refractivity contribution is 5.85. The van der Waals surface area contributed by atoms with Crippen LogP contribution >= 0.6 is 0 Å². The summed E-state index contributed by atoms with van der Waals surface area (Å²) in [6, 6.07) is 0. The number of likely N-dealkylation sites (N-methyl/N-ethyl adjacent to an activating group) is 1. The number of nitrogens with zero attached hydrogens (tertiary/aromatic N) is 2. The largest absolute Gasteiger partial charge is 0.481 e. The zero-order chi connectivity index (χ0) is 13.5. The first-order valence-corrected chi connectivity index (χ1v) is 6.24. The zero-order valence-corrected chi connectivity index (χ0v) is 10.7. The summed E-state index contributed by atoms with van der Waals surface area (Å²) >= 11 is 0. The molecule has 0 spiro atoms. The van der Waals surface area contributed by atoms with Gasteiger partial charge in [-0.1, -0.05) is 0 Å². The van der Waals surface area contributed by atoms with Gasteiger partial charge in [-0.15, -0.1) is 0 Å². The SMILES string of the molecule is CN(CC(=O)N1CCCC1)C(=O)CCCC(=O)O. The predicted molar refractivity (Wildman–Crippen MR) is 64.9 cm³/mol. The lowest BCUT2D eigenvalue weighted by atomic mass is 10.2. The second-order valence-electron chi connectivity index (χ2n) is 4.58. The molecule has 0 radical (unpaired) electrons. The first-order valence-electron chi connectivity index (χ1n) is 6.24. The van der Waals surface area contributed by atoms with Gasteiger partial charge in [0.25, 0.3) is 0 Å². The molecule has 1 aliphatic rings. The number of likely N-dealkylation sites (tertiary alicyclic amines) is 1. The topological polar surface area (TPSA) is 77.9 Å². The van der Waals surface area contributed by atoms with Gasteiger partial charge in [0.05, 0.1) is 6.54 Å². The molecule has 18 heavy (non-hydrogen) atoms. The fourth-order valence-corrected chi connectivity index (χ4v) is 1.94. The summed E-state index contributed by atoms with van der Waals surface area (Å²) in [6.45, 7) is 1.64. The second kappa shape index (κ2) is 6.98. The van der Waals surface area contributed by atoms with Crippen molar-refractivity contribution in [3.8, 4) is 0 Å². The predicted octanol–water partition coefficient (Wildman–Crippen LogP) is 0.322. The van der Waals surface area contributed by atoms with Gasteiger partial charge < -0.3 is 14.9 Å². The Balaban J connectivity index is 2.25. The maximum atomic E-state index is 11.8. The minimum Gasteiger partial charge on any atom is -0.481 e. The van der Waals surface area contributed by atoms with E-state index in [-0.39, 0.29) is 31.2 Å². The van der Waals surface area contributed by atoms with Crippen molar-refractivity contribution >= 4 is 17.8 Å². The smallest absolute Gasteiger partial charge is 0.303 e. The van der Waals surface area contributed by atoms with Crippen molar-refractivity contribution in [1.29, 1.82) is 0 Å². The number of aliphatic carboxylic acids is 1. The standard InChI is InChI=1S/C12H20N2O4/c1-13(10(15)5-4-6-12(17)18)9-11(16)14-7-2-3-8-14/h2-9H2,1H3,(H,17,18). The summed E-state index contributed by atoms with van der Waals surface area (Å²) in [5.74, 6) is -1.11. The number of hydrogen-bond acceptors (Lipinski definition) is 3. The Labute approximate surface area is 107 Å². The van der Waals surface area contributed by atoms with Crippen LogP contribution in [-0.4, -0.2) is 59.4 Å². The molecule has 102 valence electrons. The monoisotopic (exact) mass is 256 g/mol. The number of carboxylic acid groups (broad SMARTS) is 1. The van der Waals surface area contributed by atoms with E-state index in [9.17, 15) is 14.4 Å². The third-order valence-electron chi connectivity index (χ3n) is 3.04. The number of carboxylic acids is 1. The van der Waals surface area contributed by atoms with E-state index in [1.165, 1.54) is 4.90 Å². The first-order chi connectivity index (χ1) is 8.50. The summed E-state index contributed by atoms with van der Waals surface area (Å²) in [5.41, 5.74) is 0. The van der Waals surface area contributed by atoms with Gasteiger partial charge in [0.2, 0.25) is 11.8 Å². The third kappa shape index (κ3) is 4.73. The third-order valence-corrected chi connectivity index (χ3v) is 3.04. The molecule has 0 saturated carbocycles. The van der Waals surface area contributed by atoms with Crippen LogP contribution in [-0.2, 0) is 14.4 Å². The molecule has 1 N–H and O–H groups in total. The molecule has 1 saturated heterocycles. The Kier molecular flexibility index (Phi) is 5.61. The Morgan fingerprint density at radius 2 is 1.78 bits per heavy atom. The molecule has 0 aromatic carbocycles. The minimum absolute atomic E-state index is 0.0142. The van der Waals surface area contributed by atoms with Crippen LogP contribution in [0.5, 0.6) is 0 Å². The van der Waals surface area contributed by atoms with Gasteiger partial charge in [0.15, 0.2) is 0 Å². The highest BCUT2D eigenvalue weighted by Crippen LogP contribution is 2.08. The maximum absolute atomic E-state index is 11.8. The van der Waals surface area contributed by atoms with E-state index in [1.54, 1.807) is 11.9 Å². The van der Waals surface area contributed by atoms with Crippen LogP contribution in [0.3, 0.4) is 0 Å². The number of rotatable bonds is 6. The molecule has 0 aromatic rings. The lowest BCUT2D eigenvalue weighted by molar-refractivity contribution is -0.140. The van der Waals surface area contributed by atoms with Crippen LogP contribution in [0.15, 0.2) is 0 Å². The summed E-state index contributed by atoms with van der Waals surface area (Å²) in [4.78, 5) is 36.9. The van der Waals surface area contributed by atoms with Crippen LogP contribution in [0.4, 0.5) is 0 Å². The van der Waals surface area contributed by atoms with E-state index in [0.29, 0.717) is 6.42 Å².